The van der Waals surface area contributed by atoms with Crippen LogP contribution in [0.2, 0.25) is 0 Å². The Bertz CT molecular complexity index is 205. The first kappa shape index (κ1) is 15.4. The smallest absolute Gasteiger partial charge is 0.237 e. The van der Waals surface area contributed by atoms with E-state index in [1.165, 1.54) is 12.8 Å². The standard InChI is InChI=1S/C12H26N2O2/c1-4-6-10(2)9-16-8-5-7-12(3,14)11(13)15/h10H,4-9,14H2,1-3H3,(H2,13,15). The molecule has 1 amide bonds. The molecule has 0 saturated carbocycles. The van der Waals surface area contributed by atoms with Gasteiger partial charge in [-0.3, -0.25) is 4.79 Å². The molecule has 0 radical (unpaired) electrons. The number of primary amides is 1. The quantitative estimate of drug-likeness (QED) is 0.588. The van der Waals surface area contributed by atoms with Crippen molar-refractivity contribution in [3.8, 4) is 0 Å². The van der Waals surface area contributed by atoms with Crippen molar-refractivity contribution in [2.45, 2.75) is 52.0 Å². The molecule has 0 aliphatic carbocycles. The fourth-order valence-electron chi connectivity index (χ4n) is 1.53. The summed E-state index contributed by atoms with van der Waals surface area (Å²) in [4.78, 5) is 10.9. The highest BCUT2D eigenvalue weighted by molar-refractivity contribution is 5.83. The molecular weight excluding hydrogens is 204 g/mol. The maximum Gasteiger partial charge on any atom is 0.237 e. The molecule has 0 aromatic carbocycles. The predicted molar refractivity (Wildman–Crippen MR) is 65.9 cm³/mol. The Labute approximate surface area is 98.7 Å². The zero-order valence-electron chi connectivity index (χ0n) is 10.8. The van der Waals surface area contributed by atoms with Crippen LogP contribution >= 0.6 is 0 Å². The first-order valence-electron chi connectivity index (χ1n) is 6.06. The van der Waals surface area contributed by atoms with E-state index in [2.05, 4.69) is 13.8 Å². The highest BCUT2D eigenvalue weighted by atomic mass is 16.5. The van der Waals surface area contributed by atoms with Gasteiger partial charge in [-0.15, -0.1) is 0 Å². The summed E-state index contributed by atoms with van der Waals surface area (Å²) in [5, 5.41) is 0. The molecule has 0 fully saturated rings. The second-order valence-corrected chi connectivity index (χ2v) is 4.85. The first-order chi connectivity index (χ1) is 7.40. The Kier molecular flexibility index (Phi) is 7.34. The second-order valence-electron chi connectivity index (χ2n) is 4.85. The van der Waals surface area contributed by atoms with Crippen molar-refractivity contribution >= 4 is 5.91 Å². The number of amides is 1. The average molecular weight is 230 g/mol. The van der Waals surface area contributed by atoms with Crippen LogP contribution in [0.4, 0.5) is 0 Å². The molecule has 0 spiro atoms. The molecule has 2 unspecified atom stereocenters. The lowest BCUT2D eigenvalue weighted by atomic mass is 9.97. The summed E-state index contributed by atoms with van der Waals surface area (Å²) in [6, 6.07) is 0. The van der Waals surface area contributed by atoms with Crippen LogP contribution in [0.15, 0.2) is 0 Å². The first-order valence-corrected chi connectivity index (χ1v) is 6.06. The summed E-state index contributed by atoms with van der Waals surface area (Å²) >= 11 is 0. The maximum absolute atomic E-state index is 10.9. The summed E-state index contributed by atoms with van der Waals surface area (Å²) in [5.41, 5.74) is 9.98. The highest BCUT2D eigenvalue weighted by Gasteiger charge is 2.24. The Morgan fingerprint density at radius 2 is 2.12 bits per heavy atom. The van der Waals surface area contributed by atoms with Crippen LogP contribution in [-0.4, -0.2) is 24.7 Å². The Balaban J connectivity index is 3.50. The molecule has 0 aliphatic heterocycles. The van der Waals surface area contributed by atoms with Gasteiger partial charge in [-0.25, -0.2) is 0 Å². The van der Waals surface area contributed by atoms with Gasteiger partial charge in [0.1, 0.15) is 0 Å². The molecule has 4 heteroatoms. The van der Waals surface area contributed by atoms with Crippen LogP contribution in [0.3, 0.4) is 0 Å². The summed E-state index contributed by atoms with van der Waals surface area (Å²) in [6.07, 6.45) is 3.72. The Hall–Kier alpha value is -0.610. The third-order valence-corrected chi connectivity index (χ3v) is 2.73. The normalized spacial score (nSPS) is 16.8. The molecule has 96 valence electrons. The van der Waals surface area contributed by atoms with E-state index in [0.717, 1.165) is 13.0 Å². The largest absolute Gasteiger partial charge is 0.381 e. The Morgan fingerprint density at radius 3 is 2.62 bits per heavy atom. The van der Waals surface area contributed by atoms with Gasteiger partial charge in [0, 0.05) is 13.2 Å². The summed E-state index contributed by atoms with van der Waals surface area (Å²) < 4.78 is 5.52. The van der Waals surface area contributed by atoms with E-state index in [9.17, 15) is 4.79 Å². The van der Waals surface area contributed by atoms with Crippen LogP contribution in [0.5, 0.6) is 0 Å². The van der Waals surface area contributed by atoms with E-state index in [0.29, 0.717) is 18.9 Å². The number of carbonyl (C=O) groups is 1. The Morgan fingerprint density at radius 1 is 1.50 bits per heavy atom. The third-order valence-electron chi connectivity index (χ3n) is 2.73. The van der Waals surface area contributed by atoms with E-state index in [1.807, 2.05) is 0 Å². The lowest BCUT2D eigenvalue weighted by Gasteiger charge is -2.20. The lowest BCUT2D eigenvalue weighted by Crippen LogP contribution is -2.49. The minimum Gasteiger partial charge on any atom is -0.381 e. The molecule has 4 nitrogen and oxygen atoms in total. The van der Waals surface area contributed by atoms with Crippen LogP contribution in [0.25, 0.3) is 0 Å². The molecule has 2 atom stereocenters. The topological polar surface area (TPSA) is 78.3 Å². The van der Waals surface area contributed by atoms with Crippen molar-refractivity contribution < 1.29 is 9.53 Å². The van der Waals surface area contributed by atoms with Gasteiger partial charge < -0.3 is 16.2 Å². The number of rotatable bonds is 9. The predicted octanol–water partition coefficient (Wildman–Crippen LogP) is 1.42. The number of ether oxygens (including phenoxy) is 1. The molecular formula is C12H26N2O2. The van der Waals surface area contributed by atoms with Gasteiger partial charge in [-0.05, 0) is 32.1 Å². The summed E-state index contributed by atoms with van der Waals surface area (Å²) in [6.45, 7) is 7.44. The van der Waals surface area contributed by atoms with E-state index in [4.69, 9.17) is 16.2 Å². The molecule has 4 N–H and O–H groups in total. The number of hydrogen-bond acceptors (Lipinski definition) is 3. The van der Waals surface area contributed by atoms with Gasteiger partial charge in [-0.1, -0.05) is 20.3 Å². The monoisotopic (exact) mass is 230 g/mol. The van der Waals surface area contributed by atoms with Gasteiger partial charge in [0.2, 0.25) is 5.91 Å². The summed E-state index contributed by atoms with van der Waals surface area (Å²) in [7, 11) is 0. The van der Waals surface area contributed by atoms with E-state index >= 15 is 0 Å². The van der Waals surface area contributed by atoms with Crippen molar-refractivity contribution in [1.82, 2.24) is 0 Å². The number of nitrogens with two attached hydrogens (primary N) is 2. The van der Waals surface area contributed by atoms with Gasteiger partial charge in [-0.2, -0.15) is 0 Å². The highest BCUT2D eigenvalue weighted by Crippen LogP contribution is 2.09. The fourth-order valence-corrected chi connectivity index (χ4v) is 1.53. The SMILES string of the molecule is CCCC(C)COCCCC(C)(N)C(N)=O. The second kappa shape index (κ2) is 7.63. The molecule has 0 aliphatic rings. The van der Waals surface area contributed by atoms with E-state index < -0.39 is 11.4 Å². The molecule has 0 saturated heterocycles. The van der Waals surface area contributed by atoms with Crippen LogP contribution in [0, 0.1) is 5.92 Å². The van der Waals surface area contributed by atoms with Crippen molar-refractivity contribution in [3.63, 3.8) is 0 Å². The van der Waals surface area contributed by atoms with E-state index in [1.54, 1.807) is 6.92 Å². The van der Waals surface area contributed by atoms with E-state index in [-0.39, 0.29) is 0 Å². The van der Waals surface area contributed by atoms with Crippen LogP contribution < -0.4 is 11.5 Å². The van der Waals surface area contributed by atoms with Crippen molar-refractivity contribution in [2.75, 3.05) is 13.2 Å². The molecule has 0 aromatic rings. The average Bonchev–Trinajstić information content (AvgIpc) is 2.17. The molecule has 0 rings (SSSR count). The minimum absolute atomic E-state index is 0.452. The minimum atomic E-state index is -0.904. The molecule has 0 heterocycles. The van der Waals surface area contributed by atoms with Gasteiger partial charge in [0.15, 0.2) is 0 Å². The molecule has 0 aromatic heterocycles. The van der Waals surface area contributed by atoms with Gasteiger partial charge >= 0.3 is 0 Å². The molecule has 16 heavy (non-hydrogen) atoms. The van der Waals surface area contributed by atoms with Crippen LogP contribution in [0.1, 0.15) is 46.5 Å². The number of carbonyl (C=O) groups excluding carboxylic acids is 1. The molecule has 0 bridgehead atoms. The van der Waals surface area contributed by atoms with Crippen molar-refractivity contribution in [3.05, 3.63) is 0 Å². The third kappa shape index (κ3) is 6.80. The summed E-state index contributed by atoms with van der Waals surface area (Å²) in [5.74, 6) is 0.150. The van der Waals surface area contributed by atoms with Crippen LogP contribution in [-0.2, 0) is 9.53 Å². The number of hydrogen-bond donors (Lipinski definition) is 2. The van der Waals surface area contributed by atoms with Gasteiger partial charge in [0.05, 0.1) is 5.54 Å². The lowest BCUT2D eigenvalue weighted by molar-refractivity contribution is -0.122. The fraction of sp³-hybridized carbons (Fsp3) is 0.917. The van der Waals surface area contributed by atoms with Crippen molar-refractivity contribution in [1.29, 1.82) is 0 Å². The van der Waals surface area contributed by atoms with Gasteiger partial charge in [0.25, 0.3) is 0 Å². The zero-order chi connectivity index (χ0) is 12.6. The van der Waals surface area contributed by atoms with Crippen molar-refractivity contribution in [2.24, 2.45) is 17.4 Å². The zero-order valence-corrected chi connectivity index (χ0v) is 10.8. The maximum atomic E-state index is 10.9.